The molecule has 1 aliphatic carbocycles. The minimum Gasteiger partial charge on any atom is -0.495 e. The molecule has 1 fully saturated rings. The summed E-state index contributed by atoms with van der Waals surface area (Å²) in [4.78, 5) is 47.1. The SMILES string of the molecule is COc1cc(C(=O)NNC(=O)CCl)ccc1Nc1ncc2c(n1)N(C1CCCC1)CC(F)(F)C(=O)N2C. The highest BCUT2D eigenvalue weighted by Gasteiger charge is 2.48. The lowest BCUT2D eigenvalue weighted by atomic mass is 10.1. The van der Waals surface area contributed by atoms with Crippen molar-refractivity contribution in [3.63, 3.8) is 0 Å². The van der Waals surface area contributed by atoms with E-state index < -0.39 is 30.2 Å². The van der Waals surface area contributed by atoms with E-state index in [2.05, 4.69) is 26.1 Å². The Hall–Kier alpha value is -3.74. The average Bonchev–Trinajstić information content (AvgIpc) is 3.42. The molecule has 2 aromatic rings. The number of hydrogen-bond donors (Lipinski definition) is 3. The Bertz CT molecular complexity index is 1210. The smallest absolute Gasteiger partial charge is 0.342 e. The van der Waals surface area contributed by atoms with Crippen LogP contribution in [0.1, 0.15) is 36.0 Å². The quantitative estimate of drug-likeness (QED) is 0.379. The molecule has 14 heteroatoms. The molecular formula is C23H26ClF2N7O4. The molecule has 1 aliphatic heterocycles. The van der Waals surface area contributed by atoms with Gasteiger partial charge in [0, 0.05) is 18.7 Å². The minimum atomic E-state index is -3.57. The van der Waals surface area contributed by atoms with Gasteiger partial charge in [0.05, 0.1) is 25.5 Å². The third kappa shape index (κ3) is 5.50. The maximum absolute atomic E-state index is 14.8. The second-order valence-electron chi connectivity index (χ2n) is 8.71. The van der Waals surface area contributed by atoms with Crippen LogP contribution in [0, 0.1) is 0 Å². The summed E-state index contributed by atoms with van der Waals surface area (Å²) >= 11 is 5.39. The zero-order chi connectivity index (χ0) is 26.7. The van der Waals surface area contributed by atoms with Crippen LogP contribution in [0.4, 0.5) is 31.9 Å². The minimum absolute atomic E-state index is 0.0951. The second-order valence-corrected chi connectivity index (χ2v) is 8.98. The molecule has 0 spiro atoms. The second kappa shape index (κ2) is 10.7. The fraction of sp³-hybridized carbons (Fsp3) is 0.435. The van der Waals surface area contributed by atoms with Gasteiger partial charge in [-0.05, 0) is 31.0 Å². The number of nitrogens with one attached hydrogen (secondary N) is 3. The van der Waals surface area contributed by atoms with E-state index in [1.807, 2.05) is 0 Å². The van der Waals surface area contributed by atoms with Crippen molar-refractivity contribution in [1.29, 1.82) is 0 Å². The van der Waals surface area contributed by atoms with Crippen molar-refractivity contribution in [2.24, 2.45) is 0 Å². The van der Waals surface area contributed by atoms with Gasteiger partial charge in [0.1, 0.15) is 17.3 Å². The Kier molecular flexibility index (Phi) is 7.62. The molecule has 1 saturated carbocycles. The molecule has 0 saturated heterocycles. The molecular weight excluding hydrogens is 512 g/mol. The van der Waals surface area contributed by atoms with Crippen LogP contribution in [-0.4, -0.2) is 66.2 Å². The van der Waals surface area contributed by atoms with Gasteiger partial charge >= 0.3 is 5.92 Å². The van der Waals surface area contributed by atoms with E-state index >= 15 is 0 Å². The normalized spacial score (nSPS) is 17.2. The average molecular weight is 538 g/mol. The Balaban J connectivity index is 1.63. The molecule has 0 unspecified atom stereocenters. The van der Waals surface area contributed by atoms with Crippen molar-refractivity contribution < 1.29 is 27.9 Å². The summed E-state index contributed by atoms with van der Waals surface area (Å²) < 4.78 is 34.9. The van der Waals surface area contributed by atoms with Crippen LogP contribution >= 0.6 is 11.6 Å². The molecule has 2 aliphatic rings. The number of rotatable bonds is 6. The van der Waals surface area contributed by atoms with Gasteiger partial charge in [-0.2, -0.15) is 13.8 Å². The first-order chi connectivity index (χ1) is 17.6. The third-order valence-electron chi connectivity index (χ3n) is 6.28. The van der Waals surface area contributed by atoms with Gasteiger partial charge in [0.15, 0.2) is 5.82 Å². The first-order valence-corrected chi connectivity index (χ1v) is 12.1. The standard InChI is InChI=1S/C23H26ClF2N7O4/c1-32-16-11-27-22(29-19(16)33(14-5-3-4-6-14)12-23(25,26)21(32)36)28-15-8-7-13(9-17(15)37-2)20(35)31-30-18(34)10-24/h7-9,11,14H,3-6,10,12H2,1-2H3,(H,30,34)(H,31,35)(H,27,28,29). The van der Waals surface area contributed by atoms with Crippen LogP contribution in [0.3, 0.4) is 0 Å². The molecule has 37 heavy (non-hydrogen) atoms. The molecule has 1 aromatic heterocycles. The first-order valence-electron chi connectivity index (χ1n) is 11.5. The number of aromatic nitrogens is 2. The van der Waals surface area contributed by atoms with Crippen molar-refractivity contribution in [2.75, 3.05) is 41.7 Å². The zero-order valence-corrected chi connectivity index (χ0v) is 20.9. The maximum Gasteiger partial charge on any atom is 0.342 e. The number of ether oxygens (including phenoxy) is 1. The van der Waals surface area contributed by atoms with Gasteiger partial charge in [0.25, 0.3) is 17.7 Å². The number of hydrazine groups is 1. The van der Waals surface area contributed by atoms with Crippen LogP contribution in [-0.2, 0) is 9.59 Å². The topological polar surface area (TPSA) is 129 Å². The van der Waals surface area contributed by atoms with E-state index in [9.17, 15) is 23.2 Å². The van der Waals surface area contributed by atoms with E-state index in [1.54, 1.807) is 6.07 Å². The van der Waals surface area contributed by atoms with E-state index in [-0.39, 0.29) is 40.7 Å². The number of hydrogen-bond acceptors (Lipinski definition) is 8. The highest BCUT2D eigenvalue weighted by atomic mass is 35.5. The number of alkyl halides is 3. The molecule has 2 heterocycles. The van der Waals surface area contributed by atoms with Gasteiger partial charge in [-0.3, -0.25) is 25.2 Å². The van der Waals surface area contributed by atoms with E-state index in [1.165, 1.54) is 37.4 Å². The number of carbonyl (C=O) groups is 3. The number of benzene rings is 1. The Morgan fingerprint density at radius 3 is 2.65 bits per heavy atom. The molecule has 1 aromatic carbocycles. The third-order valence-corrected chi connectivity index (χ3v) is 6.53. The van der Waals surface area contributed by atoms with Crippen LogP contribution in [0.2, 0.25) is 0 Å². The summed E-state index contributed by atoms with van der Waals surface area (Å²) in [5.74, 6) is -5.76. The molecule has 0 bridgehead atoms. The number of carbonyl (C=O) groups excluding carboxylic acids is 3. The predicted octanol–water partition coefficient (Wildman–Crippen LogP) is 2.59. The van der Waals surface area contributed by atoms with Crippen molar-refractivity contribution in [3.8, 4) is 5.75 Å². The Morgan fingerprint density at radius 2 is 1.97 bits per heavy atom. The Labute approximate surface area is 216 Å². The largest absolute Gasteiger partial charge is 0.495 e. The van der Waals surface area contributed by atoms with Crippen LogP contribution < -0.4 is 30.7 Å². The molecule has 4 rings (SSSR count). The lowest BCUT2D eigenvalue weighted by molar-refractivity contribution is -0.140. The van der Waals surface area contributed by atoms with Crippen molar-refractivity contribution in [3.05, 3.63) is 30.0 Å². The number of amides is 3. The summed E-state index contributed by atoms with van der Waals surface area (Å²) in [5.41, 5.74) is 5.18. The monoisotopic (exact) mass is 537 g/mol. The van der Waals surface area contributed by atoms with Gasteiger partial charge in [-0.1, -0.05) is 12.8 Å². The fourth-order valence-corrected chi connectivity index (χ4v) is 4.46. The summed E-state index contributed by atoms with van der Waals surface area (Å²) in [6.45, 7) is -0.766. The van der Waals surface area contributed by atoms with E-state index in [0.717, 1.165) is 30.6 Å². The van der Waals surface area contributed by atoms with E-state index in [0.29, 0.717) is 5.69 Å². The van der Waals surface area contributed by atoms with E-state index in [4.69, 9.17) is 16.3 Å². The molecule has 0 atom stereocenters. The van der Waals surface area contributed by atoms with Gasteiger partial charge in [0.2, 0.25) is 5.95 Å². The van der Waals surface area contributed by atoms with Crippen LogP contribution in [0.25, 0.3) is 0 Å². The molecule has 198 valence electrons. The number of anilines is 4. The highest BCUT2D eigenvalue weighted by molar-refractivity contribution is 6.27. The summed E-state index contributed by atoms with van der Waals surface area (Å²) in [5, 5.41) is 2.99. The fourth-order valence-electron chi connectivity index (χ4n) is 4.39. The van der Waals surface area contributed by atoms with Crippen LogP contribution in [0.5, 0.6) is 5.75 Å². The molecule has 3 amide bonds. The maximum atomic E-state index is 14.8. The highest BCUT2D eigenvalue weighted by Crippen LogP contribution is 2.40. The van der Waals surface area contributed by atoms with Gasteiger partial charge in [-0.15, -0.1) is 11.6 Å². The summed E-state index contributed by atoms with van der Waals surface area (Å²) in [6, 6.07) is 4.29. The molecule has 3 N–H and O–H groups in total. The number of methoxy groups -OCH3 is 1. The molecule has 11 nitrogen and oxygen atoms in total. The lowest BCUT2D eigenvalue weighted by Crippen LogP contribution is -2.48. The van der Waals surface area contributed by atoms with Crippen LogP contribution in [0.15, 0.2) is 24.4 Å². The number of halogens is 3. The van der Waals surface area contributed by atoms with Crippen molar-refractivity contribution in [1.82, 2.24) is 20.8 Å². The van der Waals surface area contributed by atoms with Gasteiger partial charge < -0.3 is 19.9 Å². The number of fused-ring (bicyclic) bond motifs is 1. The Morgan fingerprint density at radius 1 is 1.24 bits per heavy atom. The lowest BCUT2D eigenvalue weighted by Gasteiger charge is -2.31. The number of nitrogens with zero attached hydrogens (tertiary/aromatic N) is 4. The van der Waals surface area contributed by atoms with Gasteiger partial charge in [-0.25, -0.2) is 4.98 Å². The predicted molar refractivity (Wildman–Crippen MR) is 133 cm³/mol. The zero-order valence-electron chi connectivity index (χ0n) is 20.2. The summed E-state index contributed by atoms with van der Waals surface area (Å²) in [7, 11) is 2.69. The molecule has 0 radical (unpaired) electrons. The van der Waals surface area contributed by atoms with Crippen molar-refractivity contribution in [2.45, 2.75) is 37.6 Å². The first kappa shape index (κ1) is 26.3. The van der Waals surface area contributed by atoms with Crippen molar-refractivity contribution >= 4 is 52.5 Å². The summed E-state index contributed by atoms with van der Waals surface area (Å²) in [6.07, 6.45) is 4.61.